The van der Waals surface area contributed by atoms with E-state index in [4.69, 9.17) is 4.74 Å². The van der Waals surface area contributed by atoms with E-state index in [2.05, 4.69) is 10.3 Å². The van der Waals surface area contributed by atoms with Gasteiger partial charge in [-0.25, -0.2) is 0 Å². The van der Waals surface area contributed by atoms with Gasteiger partial charge in [0.2, 0.25) is 0 Å². The molecule has 78 valence electrons. The van der Waals surface area contributed by atoms with E-state index in [0.29, 0.717) is 13.2 Å². The first-order chi connectivity index (χ1) is 6.72. The van der Waals surface area contributed by atoms with Crippen LogP contribution in [0.4, 0.5) is 5.69 Å². The fourth-order valence-electron chi connectivity index (χ4n) is 1.14. The SMILES string of the molecule is COCC(O)CNc1ccnc(C)c1. The molecule has 4 heteroatoms. The molecule has 0 aliphatic carbocycles. The fourth-order valence-corrected chi connectivity index (χ4v) is 1.14. The molecule has 0 aliphatic rings. The van der Waals surface area contributed by atoms with Crippen molar-refractivity contribution < 1.29 is 9.84 Å². The maximum Gasteiger partial charge on any atom is 0.0945 e. The summed E-state index contributed by atoms with van der Waals surface area (Å²) in [5, 5.41) is 12.5. The van der Waals surface area contributed by atoms with E-state index < -0.39 is 6.10 Å². The average Bonchev–Trinajstić information content (AvgIpc) is 2.15. The van der Waals surface area contributed by atoms with Crippen LogP contribution in [0.1, 0.15) is 5.69 Å². The minimum atomic E-state index is -0.478. The summed E-state index contributed by atoms with van der Waals surface area (Å²) in [5.41, 5.74) is 1.92. The number of anilines is 1. The smallest absolute Gasteiger partial charge is 0.0945 e. The summed E-state index contributed by atoms with van der Waals surface area (Å²) < 4.78 is 4.81. The summed E-state index contributed by atoms with van der Waals surface area (Å²) in [6.45, 7) is 2.76. The van der Waals surface area contributed by atoms with Gasteiger partial charge < -0.3 is 15.2 Å². The normalized spacial score (nSPS) is 12.5. The quantitative estimate of drug-likeness (QED) is 0.731. The minimum absolute atomic E-state index is 0.344. The second-order valence-corrected chi connectivity index (χ2v) is 3.18. The molecule has 14 heavy (non-hydrogen) atoms. The molecule has 0 saturated carbocycles. The highest BCUT2D eigenvalue weighted by molar-refractivity contribution is 5.42. The minimum Gasteiger partial charge on any atom is -0.389 e. The van der Waals surface area contributed by atoms with Crippen LogP contribution in [0.3, 0.4) is 0 Å². The lowest BCUT2D eigenvalue weighted by atomic mass is 10.3. The summed E-state index contributed by atoms with van der Waals surface area (Å²) in [4.78, 5) is 4.08. The van der Waals surface area contributed by atoms with Crippen molar-refractivity contribution in [3.63, 3.8) is 0 Å². The van der Waals surface area contributed by atoms with Crippen molar-refractivity contribution in [3.05, 3.63) is 24.0 Å². The lowest BCUT2D eigenvalue weighted by molar-refractivity contribution is 0.0727. The van der Waals surface area contributed by atoms with Crippen LogP contribution < -0.4 is 5.32 Å². The summed E-state index contributed by atoms with van der Waals surface area (Å²) >= 11 is 0. The molecule has 1 aromatic heterocycles. The van der Waals surface area contributed by atoms with Crippen molar-refractivity contribution in [1.82, 2.24) is 4.98 Å². The Bertz CT molecular complexity index is 279. The lowest BCUT2D eigenvalue weighted by Crippen LogP contribution is -2.24. The Labute approximate surface area is 83.9 Å². The molecule has 0 radical (unpaired) electrons. The Morgan fingerprint density at radius 1 is 1.64 bits per heavy atom. The number of aryl methyl sites for hydroxylation is 1. The molecule has 4 nitrogen and oxygen atoms in total. The standard InChI is InChI=1S/C10H16N2O2/c1-8-5-9(3-4-11-8)12-6-10(13)7-14-2/h3-5,10,13H,6-7H2,1-2H3,(H,11,12). The number of nitrogens with one attached hydrogen (secondary N) is 1. The highest BCUT2D eigenvalue weighted by Gasteiger charge is 2.02. The molecule has 0 aliphatic heterocycles. The molecule has 0 fully saturated rings. The molecule has 1 atom stereocenters. The summed E-state index contributed by atoms with van der Waals surface area (Å²) in [7, 11) is 1.57. The first kappa shape index (κ1) is 10.9. The predicted octanol–water partition coefficient (Wildman–Crippen LogP) is 0.809. The van der Waals surface area contributed by atoms with Crippen molar-refractivity contribution in [2.24, 2.45) is 0 Å². The van der Waals surface area contributed by atoms with Gasteiger partial charge in [-0.3, -0.25) is 4.98 Å². The third-order valence-corrected chi connectivity index (χ3v) is 1.80. The Balaban J connectivity index is 2.37. The van der Waals surface area contributed by atoms with Gasteiger partial charge in [-0.15, -0.1) is 0 Å². The summed E-state index contributed by atoms with van der Waals surface area (Å²) in [6.07, 6.45) is 1.26. The third kappa shape index (κ3) is 3.72. The highest BCUT2D eigenvalue weighted by atomic mass is 16.5. The second-order valence-electron chi connectivity index (χ2n) is 3.18. The maximum absolute atomic E-state index is 9.38. The zero-order chi connectivity index (χ0) is 10.4. The number of rotatable bonds is 5. The van der Waals surface area contributed by atoms with E-state index in [1.54, 1.807) is 13.3 Å². The molecule has 1 rings (SSSR count). The number of aliphatic hydroxyl groups is 1. The number of aliphatic hydroxyl groups excluding tert-OH is 1. The Morgan fingerprint density at radius 3 is 3.07 bits per heavy atom. The van der Waals surface area contributed by atoms with Crippen molar-refractivity contribution >= 4 is 5.69 Å². The van der Waals surface area contributed by atoms with Gasteiger partial charge >= 0.3 is 0 Å². The number of nitrogens with zero attached hydrogens (tertiary/aromatic N) is 1. The van der Waals surface area contributed by atoms with Gasteiger partial charge in [0.05, 0.1) is 12.7 Å². The molecule has 0 spiro atoms. The monoisotopic (exact) mass is 196 g/mol. The molecular formula is C10H16N2O2. The Hall–Kier alpha value is -1.13. The predicted molar refractivity (Wildman–Crippen MR) is 55.3 cm³/mol. The van der Waals surface area contributed by atoms with Gasteiger partial charge in [-0.05, 0) is 19.1 Å². The molecule has 1 aromatic rings. The summed E-state index contributed by atoms with van der Waals surface area (Å²) in [6, 6.07) is 3.80. The fraction of sp³-hybridized carbons (Fsp3) is 0.500. The number of hydrogen-bond donors (Lipinski definition) is 2. The van der Waals surface area contributed by atoms with Gasteiger partial charge in [0, 0.05) is 31.2 Å². The van der Waals surface area contributed by atoms with Crippen molar-refractivity contribution in [1.29, 1.82) is 0 Å². The molecule has 2 N–H and O–H groups in total. The van der Waals surface area contributed by atoms with Crippen LogP contribution in [0.2, 0.25) is 0 Å². The Kier molecular flexibility index (Phi) is 4.35. The largest absolute Gasteiger partial charge is 0.389 e. The van der Waals surface area contributed by atoms with Crippen molar-refractivity contribution in [3.8, 4) is 0 Å². The second kappa shape index (κ2) is 5.57. The van der Waals surface area contributed by atoms with Crippen LogP contribution in [0.5, 0.6) is 0 Å². The summed E-state index contributed by atoms with van der Waals surface area (Å²) in [5.74, 6) is 0. The van der Waals surface area contributed by atoms with Gasteiger partial charge in [-0.1, -0.05) is 0 Å². The first-order valence-electron chi connectivity index (χ1n) is 4.56. The number of hydrogen-bond acceptors (Lipinski definition) is 4. The van der Waals surface area contributed by atoms with Gasteiger partial charge in [0.15, 0.2) is 0 Å². The third-order valence-electron chi connectivity index (χ3n) is 1.80. The first-order valence-corrected chi connectivity index (χ1v) is 4.56. The number of methoxy groups -OCH3 is 1. The zero-order valence-corrected chi connectivity index (χ0v) is 8.53. The van der Waals surface area contributed by atoms with Crippen LogP contribution in [-0.4, -0.2) is 36.5 Å². The Morgan fingerprint density at radius 2 is 2.43 bits per heavy atom. The van der Waals surface area contributed by atoms with E-state index in [0.717, 1.165) is 11.4 Å². The van der Waals surface area contributed by atoms with Gasteiger partial charge in [-0.2, -0.15) is 0 Å². The van der Waals surface area contributed by atoms with E-state index >= 15 is 0 Å². The number of ether oxygens (including phenoxy) is 1. The molecular weight excluding hydrogens is 180 g/mol. The molecule has 1 unspecified atom stereocenters. The topological polar surface area (TPSA) is 54.4 Å². The van der Waals surface area contributed by atoms with Crippen LogP contribution >= 0.6 is 0 Å². The highest BCUT2D eigenvalue weighted by Crippen LogP contribution is 2.06. The molecule has 0 amide bonds. The molecule has 1 heterocycles. The van der Waals surface area contributed by atoms with Crippen LogP contribution in [0.25, 0.3) is 0 Å². The van der Waals surface area contributed by atoms with Crippen molar-refractivity contribution in [2.75, 3.05) is 25.6 Å². The van der Waals surface area contributed by atoms with Crippen LogP contribution in [0, 0.1) is 6.92 Å². The van der Waals surface area contributed by atoms with Crippen LogP contribution in [0.15, 0.2) is 18.3 Å². The molecule has 0 bridgehead atoms. The molecule has 0 aromatic carbocycles. The van der Waals surface area contributed by atoms with Crippen LogP contribution in [-0.2, 0) is 4.74 Å². The maximum atomic E-state index is 9.38. The van der Waals surface area contributed by atoms with Gasteiger partial charge in [0.25, 0.3) is 0 Å². The van der Waals surface area contributed by atoms with E-state index in [-0.39, 0.29) is 0 Å². The number of aromatic nitrogens is 1. The van der Waals surface area contributed by atoms with Crippen molar-refractivity contribution in [2.45, 2.75) is 13.0 Å². The number of pyridine rings is 1. The zero-order valence-electron chi connectivity index (χ0n) is 8.53. The average molecular weight is 196 g/mol. The van der Waals surface area contributed by atoms with E-state index in [9.17, 15) is 5.11 Å². The van der Waals surface area contributed by atoms with E-state index in [1.807, 2.05) is 19.1 Å². The van der Waals surface area contributed by atoms with Gasteiger partial charge in [0.1, 0.15) is 0 Å². The van der Waals surface area contributed by atoms with E-state index in [1.165, 1.54) is 0 Å². The molecule has 0 saturated heterocycles. The lowest BCUT2D eigenvalue weighted by Gasteiger charge is -2.11.